The van der Waals surface area contributed by atoms with Gasteiger partial charge in [-0.1, -0.05) is 6.92 Å². The van der Waals surface area contributed by atoms with E-state index in [1.165, 1.54) is 31.3 Å². The molecule has 1 nitrogen and oxygen atoms in total. The Hall–Kier alpha value is -0.0400. The summed E-state index contributed by atoms with van der Waals surface area (Å²) in [6.07, 6.45) is 6.01. The van der Waals surface area contributed by atoms with Crippen LogP contribution in [-0.2, 0) is 0 Å². The van der Waals surface area contributed by atoms with Crippen molar-refractivity contribution in [3.05, 3.63) is 0 Å². The fourth-order valence-electron chi connectivity index (χ4n) is 4.23. The summed E-state index contributed by atoms with van der Waals surface area (Å²) in [7, 11) is 0. The Balaban J connectivity index is 1.50. The summed E-state index contributed by atoms with van der Waals surface area (Å²) >= 11 is 0. The third-order valence-corrected chi connectivity index (χ3v) is 4.70. The van der Waals surface area contributed by atoms with Gasteiger partial charge in [0.2, 0.25) is 0 Å². The van der Waals surface area contributed by atoms with Gasteiger partial charge < -0.3 is 5.32 Å². The van der Waals surface area contributed by atoms with Gasteiger partial charge in [-0.25, -0.2) is 0 Å². The standard InChI is InChI=1S/C12H21N/c1-2-5-13-7-10-11-8-3-4-9(6-8)12(10)11/h8-13H,2-7H2,1H3. The van der Waals surface area contributed by atoms with Crippen molar-refractivity contribution in [3.8, 4) is 0 Å². The van der Waals surface area contributed by atoms with Gasteiger partial charge in [0.1, 0.15) is 0 Å². The van der Waals surface area contributed by atoms with Crippen molar-refractivity contribution in [3.63, 3.8) is 0 Å². The van der Waals surface area contributed by atoms with E-state index in [9.17, 15) is 0 Å². The van der Waals surface area contributed by atoms with Crippen molar-refractivity contribution in [2.45, 2.75) is 32.6 Å². The lowest BCUT2D eigenvalue weighted by Gasteiger charge is -2.08. The van der Waals surface area contributed by atoms with Crippen molar-refractivity contribution in [2.75, 3.05) is 13.1 Å². The van der Waals surface area contributed by atoms with Crippen molar-refractivity contribution < 1.29 is 0 Å². The monoisotopic (exact) mass is 179 g/mol. The van der Waals surface area contributed by atoms with E-state index in [1.54, 1.807) is 19.3 Å². The molecule has 0 saturated heterocycles. The largest absolute Gasteiger partial charge is 0.316 e. The molecule has 0 radical (unpaired) electrons. The molecule has 1 heteroatoms. The molecule has 4 atom stereocenters. The second kappa shape index (κ2) is 2.98. The number of rotatable bonds is 4. The van der Waals surface area contributed by atoms with Crippen LogP contribution in [0.3, 0.4) is 0 Å². The Morgan fingerprint density at radius 3 is 2.46 bits per heavy atom. The van der Waals surface area contributed by atoms with Gasteiger partial charge in [0, 0.05) is 0 Å². The summed E-state index contributed by atoms with van der Waals surface area (Å²) in [6.45, 7) is 4.81. The maximum absolute atomic E-state index is 3.59. The van der Waals surface area contributed by atoms with Crippen LogP contribution in [0.5, 0.6) is 0 Å². The molecule has 2 bridgehead atoms. The zero-order valence-electron chi connectivity index (χ0n) is 8.63. The average Bonchev–Trinajstić information content (AvgIpc) is 2.58. The molecule has 0 aliphatic heterocycles. The highest BCUT2D eigenvalue weighted by Gasteiger charge is 2.64. The van der Waals surface area contributed by atoms with E-state index in [0.717, 1.165) is 17.8 Å². The molecule has 1 N–H and O–H groups in total. The van der Waals surface area contributed by atoms with Crippen molar-refractivity contribution in [1.29, 1.82) is 0 Å². The molecule has 3 saturated carbocycles. The van der Waals surface area contributed by atoms with E-state index in [1.807, 2.05) is 0 Å². The van der Waals surface area contributed by atoms with Gasteiger partial charge in [0.05, 0.1) is 0 Å². The van der Waals surface area contributed by atoms with Crippen LogP contribution in [0.4, 0.5) is 0 Å². The quantitative estimate of drug-likeness (QED) is 0.653. The lowest BCUT2D eigenvalue weighted by atomic mass is 10.0. The van der Waals surface area contributed by atoms with E-state index < -0.39 is 0 Å². The molecular weight excluding hydrogens is 158 g/mol. The maximum atomic E-state index is 3.59. The van der Waals surface area contributed by atoms with E-state index >= 15 is 0 Å². The average molecular weight is 179 g/mol. The number of fused-ring (bicyclic) bond motifs is 5. The molecule has 74 valence electrons. The highest BCUT2D eigenvalue weighted by Crippen LogP contribution is 2.69. The molecular formula is C12H21N. The van der Waals surface area contributed by atoms with Crippen LogP contribution >= 0.6 is 0 Å². The van der Waals surface area contributed by atoms with Crippen molar-refractivity contribution >= 4 is 0 Å². The van der Waals surface area contributed by atoms with E-state index in [-0.39, 0.29) is 0 Å². The smallest absolute Gasteiger partial charge is 0.00148 e. The first-order valence-corrected chi connectivity index (χ1v) is 6.12. The van der Waals surface area contributed by atoms with Gasteiger partial charge in [-0.15, -0.1) is 0 Å². The molecule has 0 heterocycles. The molecule has 13 heavy (non-hydrogen) atoms. The minimum absolute atomic E-state index is 1.10. The topological polar surface area (TPSA) is 12.0 Å². The lowest BCUT2D eigenvalue weighted by Crippen LogP contribution is -2.20. The number of nitrogens with one attached hydrogen (secondary N) is 1. The Morgan fingerprint density at radius 2 is 1.85 bits per heavy atom. The summed E-state index contributed by atoms with van der Waals surface area (Å²) in [6, 6.07) is 0. The first-order chi connectivity index (χ1) is 6.42. The predicted octanol–water partition coefficient (Wildman–Crippen LogP) is 2.28. The van der Waals surface area contributed by atoms with Gasteiger partial charge in [0.15, 0.2) is 0 Å². The van der Waals surface area contributed by atoms with Crippen LogP contribution < -0.4 is 5.32 Å². The molecule has 0 spiro atoms. The van der Waals surface area contributed by atoms with Crippen LogP contribution in [0, 0.1) is 29.6 Å². The predicted molar refractivity (Wildman–Crippen MR) is 54.5 cm³/mol. The Bertz CT molecular complexity index is 185. The highest BCUT2D eigenvalue weighted by atomic mass is 14.9. The van der Waals surface area contributed by atoms with Gasteiger partial charge >= 0.3 is 0 Å². The molecule has 3 fully saturated rings. The van der Waals surface area contributed by atoms with Gasteiger partial charge in [0.25, 0.3) is 0 Å². The van der Waals surface area contributed by atoms with Crippen molar-refractivity contribution in [1.82, 2.24) is 5.32 Å². The lowest BCUT2D eigenvalue weighted by molar-refractivity contribution is 0.443. The Kier molecular flexibility index (Phi) is 1.90. The molecule has 3 aliphatic rings. The molecule has 0 aromatic carbocycles. The molecule has 3 rings (SSSR count). The minimum atomic E-state index is 1.10. The zero-order chi connectivity index (χ0) is 8.84. The van der Waals surface area contributed by atoms with Crippen molar-refractivity contribution in [2.24, 2.45) is 29.6 Å². The maximum Gasteiger partial charge on any atom is -0.00148 e. The fraction of sp³-hybridized carbons (Fsp3) is 1.00. The van der Waals surface area contributed by atoms with Crippen LogP contribution in [-0.4, -0.2) is 13.1 Å². The SMILES string of the molecule is CCCNCC1C2C3CCC(C3)C12. The Morgan fingerprint density at radius 1 is 1.15 bits per heavy atom. The van der Waals surface area contributed by atoms with E-state index in [2.05, 4.69) is 12.2 Å². The van der Waals surface area contributed by atoms with E-state index in [0.29, 0.717) is 0 Å². The summed E-state index contributed by atoms with van der Waals surface area (Å²) in [5.41, 5.74) is 0. The Labute approximate surface area is 81.3 Å². The molecule has 4 unspecified atom stereocenters. The fourth-order valence-corrected chi connectivity index (χ4v) is 4.23. The molecule has 0 aromatic heterocycles. The first kappa shape index (κ1) is 8.28. The number of hydrogen-bond acceptors (Lipinski definition) is 1. The van der Waals surface area contributed by atoms with Gasteiger partial charge in [-0.05, 0) is 68.4 Å². The highest BCUT2D eigenvalue weighted by molar-refractivity contribution is 5.13. The summed E-state index contributed by atoms with van der Waals surface area (Å²) in [5.74, 6) is 5.75. The van der Waals surface area contributed by atoms with Crippen LogP contribution in [0.2, 0.25) is 0 Å². The summed E-state index contributed by atoms with van der Waals surface area (Å²) in [5, 5.41) is 3.59. The number of hydrogen-bond donors (Lipinski definition) is 1. The molecule has 0 aromatic rings. The zero-order valence-corrected chi connectivity index (χ0v) is 8.63. The first-order valence-electron chi connectivity index (χ1n) is 6.12. The third-order valence-electron chi connectivity index (χ3n) is 4.70. The second-order valence-electron chi connectivity index (χ2n) is 5.36. The summed E-state index contributed by atoms with van der Waals surface area (Å²) < 4.78 is 0. The van der Waals surface area contributed by atoms with Crippen LogP contribution in [0.1, 0.15) is 32.6 Å². The normalized spacial score (nSPS) is 51.0. The van der Waals surface area contributed by atoms with Gasteiger partial charge in [-0.2, -0.15) is 0 Å². The van der Waals surface area contributed by atoms with Gasteiger partial charge in [-0.3, -0.25) is 0 Å². The third kappa shape index (κ3) is 1.16. The summed E-state index contributed by atoms with van der Waals surface area (Å²) in [4.78, 5) is 0. The van der Waals surface area contributed by atoms with Crippen LogP contribution in [0.25, 0.3) is 0 Å². The minimum Gasteiger partial charge on any atom is -0.316 e. The van der Waals surface area contributed by atoms with Crippen LogP contribution in [0.15, 0.2) is 0 Å². The molecule has 3 aliphatic carbocycles. The second-order valence-corrected chi connectivity index (χ2v) is 5.36. The van der Waals surface area contributed by atoms with E-state index in [4.69, 9.17) is 0 Å². The molecule has 0 amide bonds.